The van der Waals surface area contributed by atoms with Crippen LogP contribution in [0.2, 0.25) is 0 Å². The first-order valence-corrected chi connectivity index (χ1v) is 11.3. The molecular weight excluding hydrogens is 407 g/mol. The van der Waals surface area contributed by atoms with Gasteiger partial charge in [0.25, 0.3) is 5.91 Å². The Balaban J connectivity index is 1.55. The molecule has 1 aliphatic rings. The summed E-state index contributed by atoms with van der Waals surface area (Å²) in [6.45, 7) is 9.00. The van der Waals surface area contributed by atoms with Gasteiger partial charge in [0, 0.05) is 31.7 Å². The molecule has 6 nitrogen and oxygen atoms in total. The zero-order chi connectivity index (χ0) is 22.9. The third-order valence-electron chi connectivity index (χ3n) is 5.32. The van der Waals surface area contributed by atoms with Crippen LogP contribution in [0.25, 0.3) is 0 Å². The highest BCUT2D eigenvalue weighted by Crippen LogP contribution is 2.15. The third kappa shape index (κ3) is 6.79. The Kier molecular flexibility index (Phi) is 8.62. The number of halogens is 1. The number of nitrogens with zero attached hydrogens (tertiary/aromatic N) is 2. The van der Waals surface area contributed by atoms with Crippen molar-refractivity contribution in [2.75, 3.05) is 26.2 Å². The lowest BCUT2D eigenvalue weighted by molar-refractivity contribution is -0.0586. The molecule has 1 fully saturated rings. The Hall–Kier alpha value is -2.93. The van der Waals surface area contributed by atoms with E-state index in [4.69, 9.17) is 4.74 Å². The van der Waals surface area contributed by atoms with Crippen molar-refractivity contribution in [3.05, 3.63) is 71.0 Å². The van der Waals surface area contributed by atoms with Gasteiger partial charge in [0.05, 0.1) is 18.8 Å². The normalized spacial score (nSPS) is 19.0. The maximum atomic E-state index is 13.8. The van der Waals surface area contributed by atoms with E-state index in [2.05, 4.69) is 15.6 Å². The number of guanidine groups is 1. The minimum absolute atomic E-state index is 0.0326. The molecule has 0 aliphatic carbocycles. The number of carbonyl (C=O) groups is 1. The summed E-state index contributed by atoms with van der Waals surface area (Å²) in [5.74, 6) is 0.525. The molecule has 2 aromatic carbocycles. The number of benzene rings is 2. The lowest BCUT2D eigenvalue weighted by Gasteiger charge is -2.35. The van der Waals surface area contributed by atoms with Gasteiger partial charge in [-0.2, -0.15) is 0 Å². The topological polar surface area (TPSA) is 66.0 Å². The van der Waals surface area contributed by atoms with Crippen molar-refractivity contribution in [3.8, 4) is 0 Å². The molecule has 1 aliphatic heterocycles. The van der Waals surface area contributed by atoms with Crippen LogP contribution in [0.4, 0.5) is 4.39 Å². The maximum Gasteiger partial charge on any atom is 0.254 e. The van der Waals surface area contributed by atoms with Crippen LogP contribution in [0, 0.1) is 5.82 Å². The molecule has 2 aromatic rings. The van der Waals surface area contributed by atoms with Gasteiger partial charge in [-0.05, 0) is 56.5 Å². The predicted octanol–water partition coefficient (Wildman–Crippen LogP) is 3.37. The monoisotopic (exact) mass is 440 g/mol. The quantitative estimate of drug-likeness (QED) is 0.512. The Morgan fingerprint density at radius 3 is 2.44 bits per heavy atom. The Labute approximate surface area is 189 Å². The molecule has 2 N–H and O–H groups in total. The van der Waals surface area contributed by atoms with Crippen molar-refractivity contribution in [3.63, 3.8) is 0 Å². The smallest absolute Gasteiger partial charge is 0.254 e. The largest absolute Gasteiger partial charge is 0.372 e. The molecule has 0 spiro atoms. The van der Waals surface area contributed by atoms with Gasteiger partial charge in [0.15, 0.2) is 5.96 Å². The number of carbonyl (C=O) groups excluding carboxylic acids is 1. The lowest BCUT2D eigenvalue weighted by Crippen LogP contribution is -2.48. The van der Waals surface area contributed by atoms with Crippen LogP contribution in [0.1, 0.15) is 42.3 Å². The number of ether oxygens (including phenoxy) is 1. The predicted molar refractivity (Wildman–Crippen MR) is 125 cm³/mol. The highest BCUT2D eigenvalue weighted by Gasteiger charge is 2.26. The minimum Gasteiger partial charge on any atom is -0.372 e. The number of morpholine rings is 1. The van der Waals surface area contributed by atoms with E-state index in [1.54, 1.807) is 12.1 Å². The van der Waals surface area contributed by atoms with E-state index in [1.165, 1.54) is 6.07 Å². The Morgan fingerprint density at radius 1 is 1.09 bits per heavy atom. The molecule has 32 heavy (non-hydrogen) atoms. The molecule has 0 saturated carbocycles. The van der Waals surface area contributed by atoms with Gasteiger partial charge in [-0.3, -0.25) is 4.79 Å². The van der Waals surface area contributed by atoms with E-state index >= 15 is 0 Å². The summed E-state index contributed by atoms with van der Waals surface area (Å²) in [7, 11) is 0. The summed E-state index contributed by atoms with van der Waals surface area (Å²) >= 11 is 0. The fraction of sp³-hybridized carbons (Fsp3) is 0.440. The van der Waals surface area contributed by atoms with Gasteiger partial charge in [-0.15, -0.1) is 0 Å². The molecule has 1 heterocycles. The Bertz CT molecular complexity index is 906. The van der Waals surface area contributed by atoms with Crippen molar-refractivity contribution >= 4 is 11.9 Å². The molecule has 7 heteroatoms. The van der Waals surface area contributed by atoms with Crippen LogP contribution in [0.15, 0.2) is 53.5 Å². The molecular formula is C25H33FN4O2. The van der Waals surface area contributed by atoms with Gasteiger partial charge in [-0.25, -0.2) is 9.38 Å². The van der Waals surface area contributed by atoms with E-state index in [-0.39, 0.29) is 23.9 Å². The van der Waals surface area contributed by atoms with Crippen molar-refractivity contribution in [2.45, 2.75) is 45.9 Å². The van der Waals surface area contributed by atoms with Crippen molar-refractivity contribution in [2.24, 2.45) is 4.99 Å². The first kappa shape index (κ1) is 23.7. The second kappa shape index (κ2) is 11.6. The van der Waals surface area contributed by atoms with E-state index in [9.17, 15) is 9.18 Å². The standard InChI is InChI=1S/C25H33FN4O2/c1-4-27-25(28-14-13-21-7-5-6-8-23(21)26)29-15-20-9-11-22(12-10-20)24(31)30-16-18(2)32-19(3)17-30/h5-12,18-19H,4,13-17H2,1-3H3,(H2,27,28,29). The molecule has 2 unspecified atom stereocenters. The summed E-state index contributed by atoms with van der Waals surface area (Å²) in [5.41, 5.74) is 2.37. The van der Waals surface area contributed by atoms with Crippen LogP contribution in [-0.4, -0.2) is 55.2 Å². The molecule has 1 saturated heterocycles. The fourth-order valence-electron chi connectivity index (χ4n) is 3.81. The third-order valence-corrected chi connectivity index (χ3v) is 5.32. The lowest BCUT2D eigenvalue weighted by atomic mass is 10.1. The van der Waals surface area contributed by atoms with Crippen molar-refractivity contribution in [1.82, 2.24) is 15.5 Å². The van der Waals surface area contributed by atoms with Crippen molar-refractivity contribution < 1.29 is 13.9 Å². The average Bonchev–Trinajstić information content (AvgIpc) is 2.78. The first-order valence-electron chi connectivity index (χ1n) is 11.3. The first-order chi connectivity index (χ1) is 15.5. The number of amides is 1. The number of nitrogens with one attached hydrogen (secondary N) is 2. The highest BCUT2D eigenvalue weighted by molar-refractivity contribution is 5.94. The summed E-state index contributed by atoms with van der Waals surface area (Å²) in [6.07, 6.45) is 0.672. The summed E-state index contributed by atoms with van der Waals surface area (Å²) in [6, 6.07) is 14.4. The second-order valence-corrected chi connectivity index (χ2v) is 8.13. The molecule has 1 amide bonds. The van der Waals surface area contributed by atoms with E-state index in [0.717, 1.165) is 12.1 Å². The van der Waals surface area contributed by atoms with Gasteiger partial charge in [0.2, 0.25) is 0 Å². The van der Waals surface area contributed by atoms with Crippen molar-refractivity contribution in [1.29, 1.82) is 0 Å². The molecule has 2 atom stereocenters. The van der Waals surface area contributed by atoms with Crippen LogP contribution in [0.5, 0.6) is 0 Å². The molecule has 172 valence electrons. The molecule has 3 rings (SSSR count). The van der Waals surface area contributed by atoms with Gasteiger partial charge < -0.3 is 20.3 Å². The van der Waals surface area contributed by atoms with E-state index in [0.29, 0.717) is 49.7 Å². The maximum absolute atomic E-state index is 13.8. The molecule has 0 bridgehead atoms. The van der Waals surface area contributed by atoms with Crippen LogP contribution >= 0.6 is 0 Å². The molecule has 0 radical (unpaired) electrons. The summed E-state index contributed by atoms with van der Waals surface area (Å²) < 4.78 is 19.5. The molecule has 0 aromatic heterocycles. The van der Waals surface area contributed by atoms with Gasteiger partial charge in [-0.1, -0.05) is 30.3 Å². The summed E-state index contributed by atoms with van der Waals surface area (Å²) in [4.78, 5) is 19.3. The van der Waals surface area contributed by atoms with Crippen LogP contribution in [-0.2, 0) is 17.7 Å². The van der Waals surface area contributed by atoms with E-state index in [1.807, 2.05) is 56.0 Å². The highest BCUT2D eigenvalue weighted by atomic mass is 19.1. The fourth-order valence-corrected chi connectivity index (χ4v) is 3.81. The average molecular weight is 441 g/mol. The van der Waals surface area contributed by atoms with E-state index < -0.39 is 0 Å². The second-order valence-electron chi connectivity index (χ2n) is 8.13. The number of aliphatic imine (C=N–C) groups is 1. The summed E-state index contributed by atoms with van der Waals surface area (Å²) in [5, 5.41) is 6.45. The SMILES string of the molecule is CCNC(=NCc1ccc(C(=O)N2CC(C)OC(C)C2)cc1)NCCc1ccccc1F. The zero-order valence-electron chi connectivity index (χ0n) is 19.1. The number of rotatable bonds is 7. The Morgan fingerprint density at radius 2 is 1.78 bits per heavy atom. The van der Waals surface area contributed by atoms with Gasteiger partial charge >= 0.3 is 0 Å². The van der Waals surface area contributed by atoms with Crippen LogP contribution < -0.4 is 10.6 Å². The minimum atomic E-state index is -0.188. The number of hydrogen-bond donors (Lipinski definition) is 2. The van der Waals surface area contributed by atoms with Gasteiger partial charge in [0.1, 0.15) is 5.82 Å². The zero-order valence-corrected chi connectivity index (χ0v) is 19.1. The van der Waals surface area contributed by atoms with Crippen LogP contribution in [0.3, 0.4) is 0 Å². The number of hydrogen-bond acceptors (Lipinski definition) is 3.